The van der Waals surface area contributed by atoms with Crippen LogP contribution in [-0.2, 0) is 0 Å². The highest BCUT2D eigenvalue weighted by Gasteiger charge is 2.05. The summed E-state index contributed by atoms with van der Waals surface area (Å²) >= 11 is 0. The summed E-state index contributed by atoms with van der Waals surface area (Å²) in [5, 5.41) is 20.8. The minimum atomic E-state index is -0.183. The Kier molecular flexibility index (Phi) is 5.49. The SMILES string of the molecule is CC(CO)CCCNC(=O)c1cccc(O)c1. The number of aliphatic hydroxyl groups excluding tert-OH is 1. The molecular formula is C13H19NO3. The average Bonchev–Trinajstić information content (AvgIpc) is 2.34. The largest absolute Gasteiger partial charge is 0.508 e. The third-order valence-corrected chi connectivity index (χ3v) is 2.58. The second kappa shape index (κ2) is 6.91. The van der Waals surface area contributed by atoms with Crippen molar-refractivity contribution in [1.29, 1.82) is 0 Å². The second-order valence-electron chi connectivity index (χ2n) is 4.24. The zero-order chi connectivity index (χ0) is 12.7. The normalized spacial score (nSPS) is 12.1. The molecule has 1 aromatic rings. The lowest BCUT2D eigenvalue weighted by molar-refractivity contribution is 0.0951. The first-order chi connectivity index (χ1) is 8.13. The van der Waals surface area contributed by atoms with Crippen LogP contribution in [0, 0.1) is 5.92 Å². The molecule has 0 saturated heterocycles. The monoisotopic (exact) mass is 237 g/mol. The van der Waals surface area contributed by atoms with Crippen LogP contribution in [0.2, 0.25) is 0 Å². The fourth-order valence-electron chi connectivity index (χ4n) is 1.49. The molecule has 0 aliphatic carbocycles. The lowest BCUT2D eigenvalue weighted by Gasteiger charge is -2.08. The molecule has 0 spiro atoms. The summed E-state index contributed by atoms with van der Waals surface area (Å²) in [4.78, 5) is 11.6. The molecule has 0 aliphatic rings. The molecule has 0 radical (unpaired) electrons. The van der Waals surface area contributed by atoms with Crippen molar-refractivity contribution in [1.82, 2.24) is 5.32 Å². The number of phenolic OH excluding ortho intramolecular Hbond substituents is 1. The number of hydrogen-bond donors (Lipinski definition) is 3. The molecule has 17 heavy (non-hydrogen) atoms. The van der Waals surface area contributed by atoms with Crippen LogP contribution in [0.15, 0.2) is 24.3 Å². The number of benzene rings is 1. The van der Waals surface area contributed by atoms with Crippen LogP contribution in [0.4, 0.5) is 0 Å². The van der Waals surface area contributed by atoms with E-state index in [2.05, 4.69) is 5.32 Å². The second-order valence-corrected chi connectivity index (χ2v) is 4.24. The van der Waals surface area contributed by atoms with Gasteiger partial charge in [-0.2, -0.15) is 0 Å². The fourth-order valence-corrected chi connectivity index (χ4v) is 1.49. The van der Waals surface area contributed by atoms with Gasteiger partial charge >= 0.3 is 0 Å². The number of carbonyl (C=O) groups excluding carboxylic acids is 1. The van der Waals surface area contributed by atoms with Crippen molar-refractivity contribution in [2.75, 3.05) is 13.2 Å². The Morgan fingerprint density at radius 2 is 2.24 bits per heavy atom. The summed E-state index contributed by atoms with van der Waals surface area (Å²) in [6, 6.07) is 6.26. The van der Waals surface area contributed by atoms with Gasteiger partial charge < -0.3 is 15.5 Å². The third kappa shape index (κ3) is 4.87. The Bertz CT molecular complexity index is 365. The summed E-state index contributed by atoms with van der Waals surface area (Å²) in [5.74, 6) is 0.178. The molecule has 0 fully saturated rings. The van der Waals surface area contributed by atoms with Gasteiger partial charge in [0.05, 0.1) is 0 Å². The molecule has 1 aromatic carbocycles. The molecule has 94 valence electrons. The molecule has 0 heterocycles. The van der Waals surface area contributed by atoms with Crippen molar-refractivity contribution in [3.8, 4) is 5.75 Å². The van der Waals surface area contributed by atoms with Gasteiger partial charge in [0, 0.05) is 18.7 Å². The van der Waals surface area contributed by atoms with Crippen LogP contribution in [0.5, 0.6) is 5.75 Å². The molecular weight excluding hydrogens is 218 g/mol. The van der Waals surface area contributed by atoms with Crippen LogP contribution in [0.3, 0.4) is 0 Å². The zero-order valence-electron chi connectivity index (χ0n) is 10.0. The van der Waals surface area contributed by atoms with Crippen molar-refractivity contribution in [2.24, 2.45) is 5.92 Å². The first kappa shape index (κ1) is 13.5. The molecule has 0 saturated carbocycles. The van der Waals surface area contributed by atoms with Crippen LogP contribution in [-0.4, -0.2) is 29.3 Å². The minimum Gasteiger partial charge on any atom is -0.508 e. The van der Waals surface area contributed by atoms with E-state index in [1.54, 1.807) is 12.1 Å². The van der Waals surface area contributed by atoms with Gasteiger partial charge in [-0.05, 0) is 37.0 Å². The number of aliphatic hydroxyl groups is 1. The van der Waals surface area contributed by atoms with Crippen LogP contribution >= 0.6 is 0 Å². The first-order valence-corrected chi connectivity index (χ1v) is 5.81. The minimum absolute atomic E-state index is 0.0894. The highest BCUT2D eigenvalue weighted by Crippen LogP contribution is 2.10. The number of amides is 1. The van der Waals surface area contributed by atoms with Crippen molar-refractivity contribution in [3.63, 3.8) is 0 Å². The van der Waals surface area contributed by atoms with Crippen molar-refractivity contribution >= 4 is 5.91 Å². The Morgan fingerprint density at radius 1 is 1.47 bits per heavy atom. The Hall–Kier alpha value is -1.55. The van der Waals surface area contributed by atoms with Gasteiger partial charge in [-0.1, -0.05) is 13.0 Å². The van der Waals surface area contributed by atoms with E-state index in [9.17, 15) is 9.90 Å². The molecule has 0 bridgehead atoms. The van der Waals surface area contributed by atoms with Crippen LogP contribution < -0.4 is 5.32 Å². The fraction of sp³-hybridized carbons (Fsp3) is 0.462. The molecule has 0 aromatic heterocycles. The maximum Gasteiger partial charge on any atom is 0.251 e. The number of rotatable bonds is 6. The average molecular weight is 237 g/mol. The maximum absolute atomic E-state index is 11.6. The van der Waals surface area contributed by atoms with Crippen molar-refractivity contribution in [3.05, 3.63) is 29.8 Å². The molecule has 4 nitrogen and oxygen atoms in total. The number of hydrogen-bond acceptors (Lipinski definition) is 3. The number of nitrogens with one attached hydrogen (secondary N) is 1. The van der Waals surface area contributed by atoms with Gasteiger partial charge in [-0.3, -0.25) is 4.79 Å². The van der Waals surface area contributed by atoms with Gasteiger partial charge in [-0.15, -0.1) is 0 Å². The highest BCUT2D eigenvalue weighted by molar-refractivity contribution is 5.94. The lowest BCUT2D eigenvalue weighted by Crippen LogP contribution is -2.24. The molecule has 1 amide bonds. The number of aromatic hydroxyl groups is 1. The molecule has 1 unspecified atom stereocenters. The molecule has 1 rings (SSSR count). The quantitative estimate of drug-likeness (QED) is 0.657. The van der Waals surface area contributed by atoms with E-state index in [1.807, 2.05) is 6.92 Å². The predicted octanol–water partition coefficient (Wildman–Crippen LogP) is 1.53. The van der Waals surface area contributed by atoms with E-state index in [1.165, 1.54) is 12.1 Å². The maximum atomic E-state index is 11.6. The van der Waals surface area contributed by atoms with E-state index in [0.29, 0.717) is 12.1 Å². The van der Waals surface area contributed by atoms with E-state index in [-0.39, 0.29) is 24.2 Å². The van der Waals surface area contributed by atoms with E-state index >= 15 is 0 Å². The smallest absolute Gasteiger partial charge is 0.251 e. The summed E-state index contributed by atoms with van der Waals surface area (Å²) in [6.07, 6.45) is 1.73. The number of carbonyl (C=O) groups is 1. The predicted molar refractivity (Wildman–Crippen MR) is 65.9 cm³/mol. The molecule has 0 aliphatic heterocycles. The first-order valence-electron chi connectivity index (χ1n) is 5.81. The van der Waals surface area contributed by atoms with Gasteiger partial charge in [0.2, 0.25) is 0 Å². The summed E-state index contributed by atoms with van der Waals surface area (Å²) < 4.78 is 0. The highest BCUT2D eigenvalue weighted by atomic mass is 16.3. The van der Waals surface area contributed by atoms with Crippen molar-refractivity contribution < 1.29 is 15.0 Å². The van der Waals surface area contributed by atoms with Gasteiger partial charge in [0.25, 0.3) is 5.91 Å². The number of phenols is 1. The Morgan fingerprint density at radius 3 is 2.88 bits per heavy atom. The Labute approximate surface area is 101 Å². The summed E-state index contributed by atoms with van der Waals surface area (Å²) in [6.45, 7) is 2.73. The summed E-state index contributed by atoms with van der Waals surface area (Å²) in [7, 11) is 0. The van der Waals surface area contributed by atoms with Crippen molar-refractivity contribution in [2.45, 2.75) is 19.8 Å². The van der Waals surface area contributed by atoms with Crippen LogP contribution in [0.1, 0.15) is 30.1 Å². The Balaban J connectivity index is 2.30. The molecule has 3 N–H and O–H groups in total. The van der Waals surface area contributed by atoms with Crippen LogP contribution in [0.25, 0.3) is 0 Å². The van der Waals surface area contributed by atoms with E-state index in [4.69, 9.17) is 5.11 Å². The lowest BCUT2D eigenvalue weighted by atomic mass is 10.1. The third-order valence-electron chi connectivity index (χ3n) is 2.58. The van der Waals surface area contributed by atoms with Gasteiger partial charge in [0.1, 0.15) is 5.75 Å². The van der Waals surface area contributed by atoms with Gasteiger partial charge in [0.15, 0.2) is 0 Å². The standard InChI is InChI=1S/C13H19NO3/c1-10(9-15)4-3-7-14-13(17)11-5-2-6-12(16)8-11/h2,5-6,8,10,15-16H,3-4,7,9H2,1H3,(H,14,17). The summed E-state index contributed by atoms with van der Waals surface area (Å²) in [5.41, 5.74) is 0.459. The van der Waals surface area contributed by atoms with Gasteiger partial charge in [-0.25, -0.2) is 0 Å². The topological polar surface area (TPSA) is 69.6 Å². The van der Waals surface area contributed by atoms with E-state index in [0.717, 1.165) is 12.8 Å². The molecule has 4 heteroatoms. The van der Waals surface area contributed by atoms with E-state index < -0.39 is 0 Å². The zero-order valence-corrected chi connectivity index (χ0v) is 10.0. The molecule has 1 atom stereocenters.